The van der Waals surface area contributed by atoms with Crippen molar-refractivity contribution in [3.8, 4) is 0 Å². The second-order valence-corrected chi connectivity index (χ2v) is 7.83. The molecule has 0 unspecified atom stereocenters. The summed E-state index contributed by atoms with van der Waals surface area (Å²) in [6, 6.07) is 17.3. The van der Waals surface area contributed by atoms with Crippen LogP contribution >= 0.6 is 11.8 Å². The number of hydrogen-bond donors (Lipinski definition) is 0. The highest BCUT2D eigenvalue weighted by Gasteiger charge is 2.15. The molecule has 8 heteroatoms. The normalized spacial score (nSPS) is 11.7. The molecular formula is C21H17N5O2S. The number of fused-ring (bicyclic) bond motifs is 4. The predicted octanol–water partition coefficient (Wildman–Crippen LogP) is 3.05. The second-order valence-electron chi connectivity index (χ2n) is 6.88. The summed E-state index contributed by atoms with van der Waals surface area (Å²) in [5, 5.41) is 10.3. The zero-order valence-corrected chi connectivity index (χ0v) is 16.7. The Hall–Kier alpha value is -3.39. The van der Waals surface area contributed by atoms with Crippen LogP contribution < -0.4 is 5.69 Å². The van der Waals surface area contributed by atoms with Crippen LogP contribution in [0.15, 0.2) is 64.5 Å². The van der Waals surface area contributed by atoms with E-state index in [0.717, 1.165) is 27.6 Å². The number of para-hydroxylation sites is 1. The Balaban J connectivity index is 1.47. The van der Waals surface area contributed by atoms with E-state index in [4.69, 9.17) is 0 Å². The third kappa shape index (κ3) is 2.75. The van der Waals surface area contributed by atoms with E-state index in [1.54, 1.807) is 35.4 Å². The van der Waals surface area contributed by atoms with E-state index < -0.39 is 0 Å². The molecule has 29 heavy (non-hydrogen) atoms. The topological polar surface area (TPSA) is 74.2 Å². The van der Waals surface area contributed by atoms with Crippen molar-refractivity contribution in [1.29, 1.82) is 0 Å². The Morgan fingerprint density at radius 3 is 2.59 bits per heavy atom. The Labute approximate surface area is 169 Å². The number of imidazole rings is 1. The van der Waals surface area contributed by atoms with E-state index in [9.17, 15) is 9.59 Å². The molecular weight excluding hydrogens is 386 g/mol. The Kier molecular flexibility index (Phi) is 4.02. The van der Waals surface area contributed by atoms with Crippen molar-refractivity contribution in [1.82, 2.24) is 23.7 Å². The molecule has 0 aliphatic rings. The molecule has 3 aromatic heterocycles. The lowest BCUT2D eigenvalue weighted by molar-refractivity contribution is 0.102. The maximum atomic E-state index is 12.8. The number of thioether (sulfide) groups is 1. The summed E-state index contributed by atoms with van der Waals surface area (Å²) in [6.07, 6.45) is 0. The van der Waals surface area contributed by atoms with Gasteiger partial charge in [-0.2, -0.15) is 0 Å². The van der Waals surface area contributed by atoms with Crippen molar-refractivity contribution in [2.75, 3.05) is 5.75 Å². The van der Waals surface area contributed by atoms with E-state index in [-0.39, 0.29) is 17.2 Å². The zero-order chi connectivity index (χ0) is 20.1. The van der Waals surface area contributed by atoms with Crippen molar-refractivity contribution in [3.63, 3.8) is 0 Å². The van der Waals surface area contributed by atoms with Crippen molar-refractivity contribution in [3.05, 3.63) is 70.6 Å². The van der Waals surface area contributed by atoms with Gasteiger partial charge in [-0.1, -0.05) is 30.0 Å². The molecule has 0 radical (unpaired) electrons. The number of benzene rings is 2. The van der Waals surface area contributed by atoms with Crippen LogP contribution in [0.3, 0.4) is 0 Å². The van der Waals surface area contributed by atoms with Gasteiger partial charge in [0.1, 0.15) is 0 Å². The minimum Gasteiger partial charge on any atom is -0.295 e. The van der Waals surface area contributed by atoms with Crippen molar-refractivity contribution in [2.45, 2.75) is 5.16 Å². The molecule has 7 nitrogen and oxygen atoms in total. The Morgan fingerprint density at radius 1 is 0.931 bits per heavy atom. The molecule has 0 N–H and O–H groups in total. The van der Waals surface area contributed by atoms with E-state index in [1.807, 2.05) is 46.9 Å². The number of Topliss-reactive ketones (excluding diaryl/α,β-unsaturated/α-hetero) is 1. The fourth-order valence-electron chi connectivity index (χ4n) is 3.60. The molecule has 0 spiro atoms. The molecule has 0 amide bonds. The van der Waals surface area contributed by atoms with Gasteiger partial charge in [0.25, 0.3) is 0 Å². The van der Waals surface area contributed by atoms with Crippen LogP contribution in [0.5, 0.6) is 0 Å². The Morgan fingerprint density at radius 2 is 1.72 bits per heavy atom. The summed E-state index contributed by atoms with van der Waals surface area (Å²) in [7, 11) is 3.43. The first kappa shape index (κ1) is 17.7. The number of ketones is 1. The highest BCUT2D eigenvalue weighted by Crippen LogP contribution is 2.24. The Bertz CT molecular complexity index is 1480. The molecule has 5 rings (SSSR count). The van der Waals surface area contributed by atoms with E-state index in [1.165, 1.54) is 11.8 Å². The zero-order valence-electron chi connectivity index (χ0n) is 15.9. The number of pyridine rings is 1. The van der Waals surface area contributed by atoms with Gasteiger partial charge in [0.15, 0.2) is 16.6 Å². The summed E-state index contributed by atoms with van der Waals surface area (Å²) in [5.41, 5.74) is 3.76. The molecule has 0 aliphatic carbocycles. The lowest BCUT2D eigenvalue weighted by Crippen LogP contribution is -2.19. The number of aromatic nitrogens is 5. The van der Waals surface area contributed by atoms with Crippen LogP contribution in [-0.2, 0) is 14.1 Å². The van der Waals surface area contributed by atoms with Crippen LogP contribution in [-0.4, -0.2) is 35.3 Å². The summed E-state index contributed by atoms with van der Waals surface area (Å²) in [6.45, 7) is 0. The van der Waals surface area contributed by atoms with Crippen LogP contribution in [0.1, 0.15) is 10.4 Å². The molecule has 5 aromatic rings. The van der Waals surface area contributed by atoms with Crippen molar-refractivity contribution in [2.24, 2.45) is 14.1 Å². The first-order valence-electron chi connectivity index (χ1n) is 9.09. The van der Waals surface area contributed by atoms with Crippen LogP contribution in [0.2, 0.25) is 0 Å². The number of nitrogens with zero attached hydrogens (tertiary/aromatic N) is 5. The minimum absolute atomic E-state index is 0.0230. The summed E-state index contributed by atoms with van der Waals surface area (Å²) < 4.78 is 5.10. The first-order valence-corrected chi connectivity index (χ1v) is 10.1. The number of carbonyl (C=O) groups excluding carboxylic acids is 1. The number of hydrogen-bond acceptors (Lipinski definition) is 5. The third-order valence-corrected chi connectivity index (χ3v) is 6.10. The van der Waals surface area contributed by atoms with Gasteiger partial charge >= 0.3 is 5.69 Å². The molecule has 0 bridgehead atoms. The van der Waals surface area contributed by atoms with Gasteiger partial charge in [0, 0.05) is 19.7 Å². The van der Waals surface area contributed by atoms with E-state index >= 15 is 0 Å². The average Bonchev–Trinajstić information content (AvgIpc) is 3.27. The minimum atomic E-state index is -0.110. The first-order chi connectivity index (χ1) is 14.0. The molecule has 0 saturated carbocycles. The smallest absolute Gasteiger partial charge is 0.295 e. The van der Waals surface area contributed by atoms with Crippen LogP contribution in [0.4, 0.5) is 0 Å². The average molecular weight is 403 g/mol. The second kappa shape index (κ2) is 6.59. The summed E-state index contributed by atoms with van der Waals surface area (Å²) in [4.78, 5) is 24.9. The van der Waals surface area contributed by atoms with Gasteiger partial charge in [0.05, 0.1) is 22.3 Å². The molecule has 3 heterocycles. The maximum absolute atomic E-state index is 12.8. The van der Waals surface area contributed by atoms with Crippen molar-refractivity contribution >= 4 is 45.1 Å². The van der Waals surface area contributed by atoms with Crippen molar-refractivity contribution < 1.29 is 4.79 Å². The molecule has 144 valence electrons. The van der Waals surface area contributed by atoms with Gasteiger partial charge in [-0.3, -0.25) is 18.3 Å². The predicted molar refractivity (Wildman–Crippen MR) is 114 cm³/mol. The van der Waals surface area contributed by atoms with Gasteiger partial charge in [0.2, 0.25) is 0 Å². The molecule has 0 fully saturated rings. The van der Waals surface area contributed by atoms with Gasteiger partial charge in [-0.25, -0.2) is 4.79 Å². The molecule has 2 aromatic carbocycles. The fraction of sp³-hybridized carbons (Fsp3) is 0.143. The lowest BCUT2D eigenvalue weighted by Gasteiger charge is -2.05. The largest absolute Gasteiger partial charge is 0.328 e. The van der Waals surface area contributed by atoms with E-state index in [2.05, 4.69) is 10.2 Å². The molecule has 0 atom stereocenters. The lowest BCUT2D eigenvalue weighted by atomic mass is 10.1. The SMILES string of the molecule is Cn1c(=O)n(C)c2cc(C(=O)CSc3nnc4ccc5ccccc5n34)ccc21. The monoisotopic (exact) mass is 403 g/mol. The maximum Gasteiger partial charge on any atom is 0.328 e. The quantitative estimate of drug-likeness (QED) is 0.341. The number of rotatable bonds is 4. The highest BCUT2D eigenvalue weighted by molar-refractivity contribution is 7.99. The van der Waals surface area contributed by atoms with Gasteiger partial charge < -0.3 is 0 Å². The molecule has 0 saturated heterocycles. The van der Waals surface area contributed by atoms with Gasteiger partial charge in [-0.05, 0) is 41.8 Å². The van der Waals surface area contributed by atoms with Crippen LogP contribution in [0, 0.1) is 0 Å². The number of carbonyl (C=O) groups is 1. The highest BCUT2D eigenvalue weighted by atomic mass is 32.2. The van der Waals surface area contributed by atoms with Crippen LogP contribution in [0.25, 0.3) is 27.6 Å². The fourth-order valence-corrected chi connectivity index (χ4v) is 4.45. The standard InChI is InChI=1S/C21H17N5O2S/c1-24-16-9-7-14(11-17(16)25(2)21(24)28)18(27)12-29-20-23-22-19-10-8-13-5-3-4-6-15(13)26(19)20/h3-11H,12H2,1-2H3. The molecule has 0 aliphatic heterocycles. The number of aryl methyl sites for hydroxylation is 2. The van der Waals surface area contributed by atoms with Gasteiger partial charge in [-0.15, -0.1) is 10.2 Å². The summed E-state index contributed by atoms with van der Waals surface area (Å²) in [5.74, 6) is 0.209. The summed E-state index contributed by atoms with van der Waals surface area (Å²) >= 11 is 1.36. The third-order valence-electron chi connectivity index (χ3n) is 5.17. The van der Waals surface area contributed by atoms with E-state index in [0.29, 0.717) is 10.7 Å².